The molecule has 0 radical (unpaired) electrons. The Morgan fingerprint density at radius 1 is 1.12 bits per heavy atom. The third-order valence-corrected chi connectivity index (χ3v) is 3.89. The summed E-state index contributed by atoms with van der Waals surface area (Å²) in [6.45, 7) is 4.46. The van der Waals surface area contributed by atoms with Gasteiger partial charge in [0.25, 0.3) is 0 Å². The number of ether oxygens (including phenoxy) is 2. The predicted octanol–water partition coefficient (Wildman–Crippen LogP) is 3.08. The van der Waals surface area contributed by atoms with Gasteiger partial charge in [-0.15, -0.1) is 0 Å². The van der Waals surface area contributed by atoms with Crippen LogP contribution in [0.2, 0.25) is 0 Å². The van der Waals surface area contributed by atoms with Crippen molar-refractivity contribution >= 4 is 0 Å². The van der Waals surface area contributed by atoms with E-state index in [9.17, 15) is 0 Å². The van der Waals surface area contributed by atoms with E-state index < -0.39 is 0 Å². The number of hydrogen-bond acceptors (Lipinski definition) is 7. The normalized spacial score (nSPS) is 12.9. The summed E-state index contributed by atoms with van der Waals surface area (Å²) >= 11 is 0. The Labute approximate surface area is 138 Å². The van der Waals surface area contributed by atoms with E-state index in [2.05, 4.69) is 22.0 Å². The second-order valence-corrected chi connectivity index (χ2v) is 5.44. The SMILES string of the molecule is CCN(Cc1nc(-c2ccco2)no1)Cc1cccc2c1OCO2. The van der Waals surface area contributed by atoms with Gasteiger partial charge >= 0.3 is 0 Å². The number of aromatic nitrogens is 2. The van der Waals surface area contributed by atoms with Crippen LogP contribution in [-0.4, -0.2) is 28.4 Å². The zero-order valence-corrected chi connectivity index (χ0v) is 13.3. The minimum Gasteiger partial charge on any atom is -0.461 e. The van der Waals surface area contributed by atoms with Gasteiger partial charge in [0.1, 0.15) is 0 Å². The zero-order chi connectivity index (χ0) is 16.4. The van der Waals surface area contributed by atoms with Gasteiger partial charge < -0.3 is 18.4 Å². The fourth-order valence-electron chi connectivity index (χ4n) is 2.65. The van der Waals surface area contributed by atoms with Crippen LogP contribution in [0.5, 0.6) is 11.5 Å². The first-order valence-electron chi connectivity index (χ1n) is 7.80. The molecule has 0 saturated carbocycles. The van der Waals surface area contributed by atoms with Gasteiger partial charge in [-0.1, -0.05) is 24.2 Å². The lowest BCUT2D eigenvalue weighted by Crippen LogP contribution is -2.22. The highest BCUT2D eigenvalue weighted by atomic mass is 16.7. The summed E-state index contributed by atoms with van der Waals surface area (Å²) in [7, 11) is 0. The van der Waals surface area contributed by atoms with Crippen LogP contribution >= 0.6 is 0 Å². The van der Waals surface area contributed by atoms with Crippen LogP contribution in [-0.2, 0) is 13.1 Å². The standard InChI is InChI=1S/C17H17N3O4/c1-2-20(9-12-5-3-6-13-16(12)23-11-22-13)10-15-18-17(19-24-15)14-7-4-8-21-14/h3-8H,2,9-11H2,1H3. The van der Waals surface area contributed by atoms with E-state index >= 15 is 0 Å². The van der Waals surface area contributed by atoms with E-state index in [1.54, 1.807) is 18.4 Å². The van der Waals surface area contributed by atoms with Crippen molar-refractivity contribution in [3.63, 3.8) is 0 Å². The Morgan fingerprint density at radius 3 is 2.92 bits per heavy atom. The van der Waals surface area contributed by atoms with E-state index in [0.29, 0.717) is 30.6 Å². The van der Waals surface area contributed by atoms with Crippen molar-refractivity contribution in [1.82, 2.24) is 15.0 Å². The quantitative estimate of drug-likeness (QED) is 0.688. The molecule has 0 aliphatic carbocycles. The number of nitrogens with zero attached hydrogens (tertiary/aromatic N) is 3. The molecule has 3 heterocycles. The van der Waals surface area contributed by atoms with Crippen LogP contribution in [0.25, 0.3) is 11.6 Å². The number of rotatable bonds is 6. The maximum Gasteiger partial charge on any atom is 0.241 e. The van der Waals surface area contributed by atoms with Gasteiger partial charge in [-0.05, 0) is 24.7 Å². The van der Waals surface area contributed by atoms with Gasteiger partial charge in [0.05, 0.1) is 12.8 Å². The van der Waals surface area contributed by atoms with Crippen molar-refractivity contribution < 1.29 is 18.4 Å². The van der Waals surface area contributed by atoms with Gasteiger partial charge in [0, 0.05) is 12.1 Å². The molecular weight excluding hydrogens is 310 g/mol. The molecule has 0 N–H and O–H groups in total. The molecule has 0 bridgehead atoms. The van der Waals surface area contributed by atoms with Crippen molar-refractivity contribution in [2.24, 2.45) is 0 Å². The minimum atomic E-state index is 0.272. The molecule has 7 nitrogen and oxygen atoms in total. The first-order chi connectivity index (χ1) is 11.8. The minimum absolute atomic E-state index is 0.272. The molecule has 1 aliphatic heterocycles. The first-order valence-corrected chi connectivity index (χ1v) is 7.80. The summed E-state index contributed by atoms with van der Waals surface area (Å²) < 4.78 is 21.6. The van der Waals surface area contributed by atoms with Crippen LogP contribution in [0.1, 0.15) is 18.4 Å². The highest BCUT2D eigenvalue weighted by Gasteiger charge is 2.20. The lowest BCUT2D eigenvalue weighted by atomic mass is 10.1. The van der Waals surface area contributed by atoms with E-state index in [-0.39, 0.29) is 6.79 Å². The van der Waals surface area contributed by atoms with Crippen LogP contribution in [0.15, 0.2) is 45.5 Å². The number of para-hydroxylation sites is 1. The Balaban J connectivity index is 1.48. The van der Waals surface area contributed by atoms with E-state index in [0.717, 1.165) is 23.6 Å². The van der Waals surface area contributed by atoms with Crippen LogP contribution in [0, 0.1) is 0 Å². The Morgan fingerprint density at radius 2 is 2.08 bits per heavy atom. The molecule has 0 spiro atoms. The van der Waals surface area contributed by atoms with Crippen LogP contribution < -0.4 is 9.47 Å². The average molecular weight is 327 g/mol. The number of hydrogen-bond donors (Lipinski definition) is 0. The molecular formula is C17H17N3O4. The molecule has 0 fully saturated rings. The maximum absolute atomic E-state index is 5.57. The van der Waals surface area contributed by atoms with Gasteiger partial charge in [0.15, 0.2) is 17.3 Å². The smallest absolute Gasteiger partial charge is 0.241 e. The largest absolute Gasteiger partial charge is 0.461 e. The van der Waals surface area contributed by atoms with E-state index in [4.69, 9.17) is 18.4 Å². The number of furan rings is 1. The van der Waals surface area contributed by atoms with Crippen molar-refractivity contribution in [2.75, 3.05) is 13.3 Å². The second-order valence-electron chi connectivity index (χ2n) is 5.44. The van der Waals surface area contributed by atoms with Crippen molar-refractivity contribution in [1.29, 1.82) is 0 Å². The molecule has 0 amide bonds. The lowest BCUT2D eigenvalue weighted by Gasteiger charge is -2.19. The van der Waals surface area contributed by atoms with E-state index in [1.807, 2.05) is 18.2 Å². The van der Waals surface area contributed by atoms with Gasteiger partial charge in [-0.25, -0.2) is 0 Å². The monoisotopic (exact) mass is 327 g/mol. The second kappa shape index (κ2) is 6.37. The molecule has 7 heteroatoms. The summed E-state index contributed by atoms with van der Waals surface area (Å²) in [5, 5.41) is 3.96. The third-order valence-electron chi connectivity index (χ3n) is 3.89. The molecule has 4 rings (SSSR count). The first kappa shape index (κ1) is 14.8. The number of fused-ring (bicyclic) bond motifs is 1. The molecule has 1 aromatic carbocycles. The highest BCUT2D eigenvalue weighted by molar-refractivity contribution is 5.48. The predicted molar refractivity (Wildman–Crippen MR) is 84.4 cm³/mol. The molecule has 124 valence electrons. The molecule has 3 aromatic rings. The van der Waals surface area contributed by atoms with Crippen molar-refractivity contribution in [2.45, 2.75) is 20.0 Å². The summed E-state index contributed by atoms with van der Waals surface area (Å²) in [6.07, 6.45) is 1.59. The van der Waals surface area contributed by atoms with Gasteiger partial charge in [0.2, 0.25) is 18.5 Å². The Kier molecular flexibility index (Phi) is 3.92. The summed E-state index contributed by atoms with van der Waals surface area (Å²) in [4.78, 5) is 6.58. The van der Waals surface area contributed by atoms with Crippen molar-refractivity contribution in [3.05, 3.63) is 48.0 Å². The van der Waals surface area contributed by atoms with Gasteiger partial charge in [-0.3, -0.25) is 4.90 Å². The van der Waals surface area contributed by atoms with Gasteiger partial charge in [-0.2, -0.15) is 4.98 Å². The fraction of sp³-hybridized carbons (Fsp3) is 0.294. The summed E-state index contributed by atoms with van der Waals surface area (Å²) in [6, 6.07) is 9.52. The summed E-state index contributed by atoms with van der Waals surface area (Å²) in [5.74, 6) is 3.22. The third kappa shape index (κ3) is 2.85. The van der Waals surface area contributed by atoms with Crippen molar-refractivity contribution in [3.8, 4) is 23.1 Å². The lowest BCUT2D eigenvalue weighted by molar-refractivity contribution is 0.171. The Hall–Kier alpha value is -2.80. The molecule has 0 saturated heterocycles. The maximum atomic E-state index is 5.57. The molecule has 24 heavy (non-hydrogen) atoms. The molecule has 0 unspecified atom stereocenters. The Bertz CT molecular complexity index is 813. The molecule has 0 atom stereocenters. The summed E-state index contributed by atoms with van der Waals surface area (Å²) in [5.41, 5.74) is 1.08. The topological polar surface area (TPSA) is 73.8 Å². The molecule has 1 aliphatic rings. The zero-order valence-electron chi connectivity index (χ0n) is 13.3. The highest BCUT2D eigenvalue weighted by Crippen LogP contribution is 2.36. The van der Waals surface area contributed by atoms with E-state index in [1.165, 1.54) is 0 Å². The van der Waals surface area contributed by atoms with Crippen LogP contribution in [0.4, 0.5) is 0 Å². The average Bonchev–Trinajstić information content (AvgIpc) is 3.34. The van der Waals surface area contributed by atoms with Crippen LogP contribution in [0.3, 0.4) is 0 Å². The fourth-order valence-corrected chi connectivity index (χ4v) is 2.65. The molecule has 2 aromatic heterocycles. The number of benzene rings is 1.